The molecule has 0 aliphatic carbocycles. The highest BCUT2D eigenvalue weighted by atomic mass is 16.6. The van der Waals surface area contributed by atoms with Crippen molar-refractivity contribution in [2.75, 3.05) is 50.1 Å². The Labute approximate surface area is 186 Å². The van der Waals surface area contributed by atoms with Crippen LogP contribution in [0.25, 0.3) is 11.3 Å². The van der Waals surface area contributed by atoms with E-state index in [0.717, 1.165) is 17.1 Å². The number of nitro groups is 1. The van der Waals surface area contributed by atoms with Gasteiger partial charge in [0, 0.05) is 63.5 Å². The molecule has 9 heteroatoms. The highest BCUT2D eigenvalue weighted by Gasteiger charge is 2.25. The maximum absolute atomic E-state index is 13.0. The summed E-state index contributed by atoms with van der Waals surface area (Å²) in [5.74, 6) is 0.614. The van der Waals surface area contributed by atoms with Gasteiger partial charge in [-0.1, -0.05) is 30.3 Å². The van der Waals surface area contributed by atoms with Crippen LogP contribution in [0.1, 0.15) is 10.4 Å². The molecule has 1 aliphatic heterocycles. The van der Waals surface area contributed by atoms with Gasteiger partial charge in [-0.05, 0) is 12.1 Å². The predicted molar refractivity (Wildman–Crippen MR) is 123 cm³/mol. The minimum Gasteiger partial charge on any atom is -0.372 e. The molecule has 1 fully saturated rings. The summed E-state index contributed by atoms with van der Waals surface area (Å²) in [6.45, 7) is 2.25. The standard InChI is InChI=1S/C23H24N6O3/c1-26(2)20-9-8-18(14-21(20)29(31)32)23(30)28-12-10-27(11-13-28)22-15-19(24-16-25-22)17-6-4-3-5-7-17/h3-9,14-16H,10-13H2,1-2H3. The first-order chi connectivity index (χ1) is 15.4. The molecule has 0 N–H and O–H groups in total. The van der Waals surface area contributed by atoms with Crippen molar-refractivity contribution in [2.45, 2.75) is 0 Å². The average molecular weight is 432 g/mol. The number of aromatic nitrogens is 2. The van der Waals surface area contributed by atoms with Crippen molar-refractivity contribution in [2.24, 2.45) is 0 Å². The first kappa shape index (κ1) is 21.2. The Bertz CT molecular complexity index is 1130. The number of amides is 1. The van der Waals surface area contributed by atoms with E-state index in [1.165, 1.54) is 6.07 Å². The third-order valence-electron chi connectivity index (χ3n) is 5.51. The Morgan fingerprint density at radius 3 is 2.38 bits per heavy atom. The first-order valence-electron chi connectivity index (χ1n) is 10.3. The second-order valence-corrected chi connectivity index (χ2v) is 7.76. The van der Waals surface area contributed by atoms with Crippen molar-refractivity contribution < 1.29 is 9.72 Å². The fourth-order valence-corrected chi connectivity index (χ4v) is 3.79. The minimum absolute atomic E-state index is 0.0751. The summed E-state index contributed by atoms with van der Waals surface area (Å²) in [6, 6.07) is 16.5. The van der Waals surface area contributed by atoms with Gasteiger partial charge < -0.3 is 14.7 Å². The van der Waals surface area contributed by atoms with E-state index >= 15 is 0 Å². The fraction of sp³-hybridized carbons (Fsp3) is 0.261. The van der Waals surface area contributed by atoms with Crippen molar-refractivity contribution in [3.05, 3.63) is 76.6 Å². The summed E-state index contributed by atoms with van der Waals surface area (Å²) in [4.78, 5) is 38.3. The van der Waals surface area contributed by atoms with Crippen molar-refractivity contribution in [1.29, 1.82) is 0 Å². The van der Waals surface area contributed by atoms with Gasteiger partial charge in [-0.25, -0.2) is 9.97 Å². The zero-order valence-corrected chi connectivity index (χ0v) is 18.0. The van der Waals surface area contributed by atoms with Crippen molar-refractivity contribution in [1.82, 2.24) is 14.9 Å². The molecule has 0 unspecified atom stereocenters. The summed E-state index contributed by atoms with van der Waals surface area (Å²) in [6.07, 6.45) is 1.56. The van der Waals surface area contributed by atoms with Crippen LogP contribution in [0, 0.1) is 10.1 Å². The van der Waals surface area contributed by atoms with Gasteiger partial charge in [-0.3, -0.25) is 14.9 Å². The van der Waals surface area contributed by atoms with Gasteiger partial charge in [0.05, 0.1) is 10.6 Å². The molecule has 4 rings (SSSR count). The van der Waals surface area contributed by atoms with Crippen LogP contribution >= 0.6 is 0 Å². The number of piperazine rings is 1. The molecule has 1 aromatic heterocycles. The van der Waals surface area contributed by atoms with Crippen LogP contribution in [0.2, 0.25) is 0 Å². The molecule has 1 aliphatic rings. The first-order valence-corrected chi connectivity index (χ1v) is 10.3. The topological polar surface area (TPSA) is 95.7 Å². The molecule has 0 spiro atoms. The molecule has 32 heavy (non-hydrogen) atoms. The molecule has 0 saturated carbocycles. The lowest BCUT2D eigenvalue weighted by atomic mass is 10.1. The molecule has 1 amide bonds. The zero-order chi connectivity index (χ0) is 22.7. The Hall–Kier alpha value is -4.01. The van der Waals surface area contributed by atoms with E-state index in [1.54, 1.807) is 42.4 Å². The number of hydrogen-bond acceptors (Lipinski definition) is 7. The van der Waals surface area contributed by atoms with E-state index in [2.05, 4.69) is 14.9 Å². The van der Waals surface area contributed by atoms with Crippen molar-refractivity contribution in [3.8, 4) is 11.3 Å². The van der Waals surface area contributed by atoms with Crippen LogP contribution in [0.3, 0.4) is 0 Å². The highest BCUT2D eigenvalue weighted by molar-refractivity contribution is 5.96. The Morgan fingerprint density at radius 1 is 1.00 bits per heavy atom. The number of carbonyl (C=O) groups is 1. The van der Waals surface area contributed by atoms with Gasteiger partial charge in [0.1, 0.15) is 17.8 Å². The summed E-state index contributed by atoms with van der Waals surface area (Å²) in [7, 11) is 3.47. The molecule has 3 aromatic rings. The number of anilines is 2. The highest BCUT2D eigenvalue weighted by Crippen LogP contribution is 2.28. The van der Waals surface area contributed by atoms with Crippen LogP contribution < -0.4 is 9.80 Å². The van der Waals surface area contributed by atoms with E-state index in [-0.39, 0.29) is 11.6 Å². The van der Waals surface area contributed by atoms with E-state index in [9.17, 15) is 14.9 Å². The third kappa shape index (κ3) is 4.36. The molecule has 9 nitrogen and oxygen atoms in total. The van der Waals surface area contributed by atoms with Gasteiger partial charge in [0.2, 0.25) is 0 Å². The molecule has 2 heterocycles. The smallest absolute Gasteiger partial charge is 0.293 e. The van der Waals surface area contributed by atoms with E-state index < -0.39 is 4.92 Å². The molecule has 0 atom stereocenters. The lowest BCUT2D eigenvalue weighted by Crippen LogP contribution is -2.49. The summed E-state index contributed by atoms with van der Waals surface area (Å²) in [5, 5.41) is 11.4. The van der Waals surface area contributed by atoms with Gasteiger partial charge in [-0.2, -0.15) is 0 Å². The molecular weight excluding hydrogens is 408 g/mol. The van der Waals surface area contributed by atoms with E-state index in [4.69, 9.17) is 0 Å². The monoisotopic (exact) mass is 432 g/mol. The number of carbonyl (C=O) groups excluding carboxylic acids is 1. The molecule has 2 aromatic carbocycles. The largest absolute Gasteiger partial charge is 0.372 e. The average Bonchev–Trinajstić information content (AvgIpc) is 2.84. The molecule has 164 valence electrons. The maximum Gasteiger partial charge on any atom is 0.293 e. The summed E-state index contributed by atoms with van der Waals surface area (Å²) < 4.78 is 0. The fourth-order valence-electron chi connectivity index (χ4n) is 3.79. The van der Waals surface area contributed by atoms with Crippen molar-refractivity contribution in [3.63, 3.8) is 0 Å². The van der Waals surface area contributed by atoms with Crippen LogP contribution in [-0.4, -0.2) is 66.0 Å². The second-order valence-electron chi connectivity index (χ2n) is 7.76. The van der Waals surface area contributed by atoms with Crippen LogP contribution in [-0.2, 0) is 0 Å². The molecule has 0 radical (unpaired) electrons. The number of nitrogens with zero attached hydrogens (tertiary/aromatic N) is 6. The Balaban J connectivity index is 1.46. The molecular formula is C23H24N6O3. The molecule has 1 saturated heterocycles. The summed E-state index contributed by atoms with van der Waals surface area (Å²) >= 11 is 0. The van der Waals surface area contributed by atoms with E-state index in [1.807, 2.05) is 36.4 Å². The maximum atomic E-state index is 13.0. The van der Waals surface area contributed by atoms with Gasteiger partial charge in [0.15, 0.2) is 0 Å². The second kappa shape index (κ2) is 9.01. The summed E-state index contributed by atoms with van der Waals surface area (Å²) in [5.41, 5.74) is 2.59. The lowest BCUT2D eigenvalue weighted by molar-refractivity contribution is -0.384. The number of benzene rings is 2. The zero-order valence-electron chi connectivity index (χ0n) is 18.0. The molecule has 0 bridgehead atoms. The normalized spacial score (nSPS) is 13.7. The quantitative estimate of drug-likeness (QED) is 0.452. The number of hydrogen-bond donors (Lipinski definition) is 0. The van der Waals surface area contributed by atoms with Crippen LogP contribution in [0.5, 0.6) is 0 Å². The van der Waals surface area contributed by atoms with Crippen LogP contribution in [0.15, 0.2) is 60.9 Å². The van der Waals surface area contributed by atoms with Crippen LogP contribution in [0.4, 0.5) is 17.2 Å². The minimum atomic E-state index is -0.455. The van der Waals surface area contributed by atoms with Gasteiger partial charge in [-0.15, -0.1) is 0 Å². The number of nitro benzene ring substituents is 1. The van der Waals surface area contributed by atoms with Gasteiger partial charge >= 0.3 is 0 Å². The SMILES string of the molecule is CN(C)c1ccc(C(=O)N2CCN(c3cc(-c4ccccc4)ncn3)CC2)cc1[N+](=O)[O-]. The van der Waals surface area contributed by atoms with Gasteiger partial charge in [0.25, 0.3) is 11.6 Å². The third-order valence-corrected chi connectivity index (χ3v) is 5.51. The Morgan fingerprint density at radius 2 is 1.72 bits per heavy atom. The number of rotatable bonds is 5. The predicted octanol–water partition coefficient (Wildman–Crippen LogP) is 3.08. The lowest BCUT2D eigenvalue weighted by Gasteiger charge is -2.35. The van der Waals surface area contributed by atoms with Crippen molar-refractivity contribution >= 4 is 23.1 Å². The Kier molecular flexibility index (Phi) is 5.98. The van der Waals surface area contributed by atoms with E-state index in [0.29, 0.717) is 37.4 Å².